The number of ether oxygens (including phenoxy) is 2. The molecule has 19 heavy (non-hydrogen) atoms. The maximum Gasteiger partial charge on any atom is 0.133 e. The van der Waals surface area contributed by atoms with Gasteiger partial charge in [0.1, 0.15) is 5.75 Å². The Bertz CT molecular complexity index is 427. The van der Waals surface area contributed by atoms with Gasteiger partial charge in [0.15, 0.2) is 0 Å². The molecule has 0 amide bonds. The lowest BCUT2D eigenvalue weighted by Crippen LogP contribution is -2.47. The normalized spacial score (nSPS) is 24.4. The van der Waals surface area contributed by atoms with Crippen LogP contribution in [-0.2, 0) is 11.3 Å². The highest BCUT2D eigenvalue weighted by molar-refractivity contribution is 9.10. The van der Waals surface area contributed by atoms with Crippen molar-refractivity contribution >= 4 is 15.9 Å². The Balaban J connectivity index is 2.02. The zero-order valence-electron chi connectivity index (χ0n) is 11.3. The van der Waals surface area contributed by atoms with E-state index < -0.39 is 0 Å². The predicted octanol–water partition coefficient (Wildman–Crippen LogP) is 2.04. The standard InChI is InChI=1S/C14H20BrNO3/c1-10-6-16(8-12(9-17)19-10)7-11-3-4-14(18-2)13(15)5-11/h3-5,10,12,17H,6-9H2,1-2H3. The van der Waals surface area contributed by atoms with E-state index in [9.17, 15) is 5.11 Å². The van der Waals surface area contributed by atoms with Crippen LogP contribution in [0.5, 0.6) is 5.75 Å². The molecule has 106 valence electrons. The minimum absolute atomic E-state index is 0.0765. The maximum absolute atomic E-state index is 9.23. The largest absolute Gasteiger partial charge is 0.496 e. The average Bonchev–Trinajstić information content (AvgIpc) is 2.38. The molecule has 1 aliphatic heterocycles. The predicted molar refractivity (Wildman–Crippen MR) is 77.4 cm³/mol. The van der Waals surface area contributed by atoms with E-state index in [1.165, 1.54) is 5.56 Å². The molecule has 0 saturated carbocycles. The fourth-order valence-electron chi connectivity index (χ4n) is 2.44. The molecule has 0 bridgehead atoms. The summed E-state index contributed by atoms with van der Waals surface area (Å²) in [5.74, 6) is 0.840. The third-order valence-electron chi connectivity index (χ3n) is 3.23. The second kappa shape index (κ2) is 6.70. The van der Waals surface area contributed by atoms with E-state index in [4.69, 9.17) is 9.47 Å². The van der Waals surface area contributed by atoms with E-state index in [1.54, 1.807) is 7.11 Å². The van der Waals surface area contributed by atoms with Gasteiger partial charge in [-0.05, 0) is 40.5 Å². The van der Waals surface area contributed by atoms with Crippen molar-refractivity contribution in [2.24, 2.45) is 0 Å². The second-order valence-electron chi connectivity index (χ2n) is 4.91. The van der Waals surface area contributed by atoms with Crippen LogP contribution < -0.4 is 4.74 Å². The van der Waals surface area contributed by atoms with Gasteiger partial charge < -0.3 is 14.6 Å². The Kier molecular flexibility index (Phi) is 5.21. The van der Waals surface area contributed by atoms with Crippen molar-refractivity contribution in [3.05, 3.63) is 28.2 Å². The summed E-state index contributed by atoms with van der Waals surface area (Å²) in [6, 6.07) is 6.11. The lowest BCUT2D eigenvalue weighted by molar-refractivity contribution is -0.0972. The smallest absolute Gasteiger partial charge is 0.133 e. The zero-order chi connectivity index (χ0) is 13.8. The summed E-state index contributed by atoms with van der Waals surface area (Å²) in [4.78, 5) is 2.31. The molecule has 5 heteroatoms. The third kappa shape index (κ3) is 3.92. The van der Waals surface area contributed by atoms with Crippen molar-refractivity contribution in [1.29, 1.82) is 0 Å². The zero-order valence-corrected chi connectivity index (χ0v) is 12.9. The van der Waals surface area contributed by atoms with Gasteiger partial charge in [-0.1, -0.05) is 6.07 Å². The number of hydrogen-bond donors (Lipinski definition) is 1. The highest BCUT2D eigenvalue weighted by Gasteiger charge is 2.24. The molecule has 0 aromatic heterocycles. The van der Waals surface area contributed by atoms with Gasteiger partial charge in [0.2, 0.25) is 0 Å². The van der Waals surface area contributed by atoms with Crippen LogP contribution in [0.4, 0.5) is 0 Å². The van der Waals surface area contributed by atoms with Crippen LogP contribution in [-0.4, -0.2) is 49.0 Å². The van der Waals surface area contributed by atoms with E-state index in [0.717, 1.165) is 29.9 Å². The molecule has 4 nitrogen and oxygen atoms in total. The Morgan fingerprint density at radius 3 is 2.89 bits per heavy atom. The van der Waals surface area contributed by atoms with Crippen molar-refractivity contribution in [2.45, 2.75) is 25.7 Å². The number of aliphatic hydroxyl groups is 1. The molecule has 2 rings (SSSR count). The molecule has 1 aliphatic rings. The molecule has 2 atom stereocenters. The first kappa shape index (κ1) is 14.8. The van der Waals surface area contributed by atoms with Crippen LogP contribution in [0.25, 0.3) is 0 Å². The summed E-state index contributed by atoms with van der Waals surface area (Å²) < 4.78 is 11.8. The molecule has 1 N–H and O–H groups in total. The molecule has 1 aromatic carbocycles. The highest BCUT2D eigenvalue weighted by Crippen LogP contribution is 2.26. The molecular formula is C14H20BrNO3. The lowest BCUT2D eigenvalue weighted by Gasteiger charge is -2.36. The monoisotopic (exact) mass is 329 g/mol. The van der Waals surface area contributed by atoms with Crippen molar-refractivity contribution in [1.82, 2.24) is 4.90 Å². The number of nitrogens with zero attached hydrogens (tertiary/aromatic N) is 1. The summed E-state index contributed by atoms with van der Waals surface area (Å²) in [7, 11) is 1.66. The quantitative estimate of drug-likeness (QED) is 0.917. The average molecular weight is 330 g/mol. The van der Waals surface area contributed by atoms with Crippen LogP contribution in [0.2, 0.25) is 0 Å². The maximum atomic E-state index is 9.23. The van der Waals surface area contributed by atoms with E-state index in [-0.39, 0.29) is 18.8 Å². The van der Waals surface area contributed by atoms with E-state index >= 15 is 0 Å². The Labute approximate surface area is 122 Å². The van der Waals surface area contributed by atoms with Gasteiger partial charge in [-0.2, -0.15) is 0 Å². The molecule has 1 saturated heterocycles. The summed E-state index contributed by atoms with van der Waals surface area (Å²) in [6.07, 6.45) is 0.0815. The summed E-state index contributed by atoms with van der Waals surface area (Å²) >= 11 is 3.50. The molecule has 0 aliphatic carbocycles. The Hall–Kier alpha value is -0.620. The lowest BCUT2D eigenvalue weighted by atomic mass is 10.1. The van der Waals surface area contributed by atoms with E-state index in [1.807, 2.05) is 13.0 Å². The van der Waals surface area contributed by atoms with Crippen molar-refractivity contribution < 1.29 is 14.6 Å². The number of hydrogen-bond acceptors (Lipinski definition) is 4. The van der Waals surface area contributed by atoms with Crippen LogP contribution in [0, 0.1) is 0 Å². The summed E-state index contributed by atoms with van der Waals surface area (Å²) in [5, 5.41) is 9.23. The minimum atomic E-state index is -0.0783. The molecule has 0 radical (unpaired) electrons. The van der Waals surface area contributed by atoms with Crippen molar-refractivity contribution in [3.8, 4) is 5.75 Å². The topological polar surface area (TPSA) is 41.9 Å². The first-order valence-electron chi connectivity index (χ1n) is 6.43. The summed E-state index contributed by atoms with van der Waals surface area (Å²) in [6.45, 7) is 4.63. The molecule has 1 aromatic rings. The number of morpholine rings is 1. The molecule has 2 unspecified atom stereocenters. The van der Waals surface area contributed by atoms with E-state index in [0.29, 0.717) is 0 Å². The second-order valence-corrected chi connectivity index (χ2v) is 5.77. The Morgan fingerprint density at radius 1 is 1.47 bits per heavy atom. The molecule has 1 heterocycles. The number of methoxy groups -OCH3 is 1. The van der Waals surface area contributed by atoms with Crippen LogP contribution in [0.1, 0.15) is 12.5 Å². The van der Waals surface area contributed by atoms with Gasteiger partial charge >= 0.3 is 0 Å². The first-order chi connectivity index (χ1) is 9.12. The number of halogens is 1. The third-order valence-corrected chi connectivity index (χ3v) is 3.85. The highest BCUT2D eigenvalue weighted by atomic mass is 79.9. The summed E-state index contributed by atoms with van der Waals surface area (Å²) in [5.41, 5.74) is 1.22. The minimum Gasteiger partial charge on any atom is -0.496 e. The number of aliphatic hydroxyl groups excluding tert-OH is 1. The van der Waals surface area contributed by atoms with E-state index in [2.05, 4.69) is 33.0 Å². The van der Waals surface area contributed by atoms with Crippen LogP contribution >= 0.6 is 15.9 Å². The molecule has 1 fully saturated rings. The van der Waals surface area contributed by atoms with Crippen LogP contribution in [0.15, 0.2) is 22.7 Å². The SMILES string of the molecule is COc1ccc(CN2CC(C)OC(CO)C2)cc1Br. The van der Waals surface area contributed by atoms with Crippen molar-refractivity contribution in [2.75, 3.05) is 26.8 Å². The number of benzene rings is 1. The Morgan fingerprint density at radius 2 is 2.26 bits per heavy atom. The van der Waals surface area contributed by atoms with Crippen LogP contribution in [0.3, 0.4) is 0 Å². The van der Waals surface area contributed by atoms with Gasteiger partial charge in [-0.25, -0.2) is 0 Å². The number of rotatable bonds is 4. The fraction of sp³-hybridized carbons (Fsp3) is 0.571. The fourth-order valence-corrected chi connectivity index (χ4v) is 3.03. The van der Waals surface area contributed by atoms with Crippen molar-refractivity contribution in [3.63, 3.8) is 0 Å². The van der Waals surface area contributed by atoms with Gasteiger partial charge in [-0.15, -0.1) is 0 Å². The van der Waals surface area contributed by atoms with Gasteiger partial charge in [-0.3, -0.25) is 4.90 Å². The molecule has 0 spiro atoms. The first-order valence-corrected chi connectivity index (χ1v) is 7.22. The van der Waals surface area contributed by atoms with Gasteiger partial charge in [0.25, 0.3) is 0 Å². The van der Waals surface area contributed by atoms with Gasteiger partial charge in [0.05, 0.1) is 30.4 Å². The van der Waals surface area contributed by atoms with Gasteiger partial charge in [0, 0.05) is 19.6 Å². The molecular weight excluding hydrogens is 310 g/mol.